The van der Waals surface area contributed by atoms with Crippen molar-refractivity contribution in [2.45, 2.75) is 18.5 Å². The number of imide groups is 1. The zero-order chi connectivity index (χ0) is 18.4. The number of aliphatic hydroxyl groups is 1. The van der Waals surface area contributed by atoms with E-state index in [2.05, 4.69) is 0 Å². The smallest absolute Gasteiger partial charge is 0.371 e. The lowest BCUT2D eigenvalue weighted by Gasteiger charge is -2.27. The third-order valence-corrected chi connectivity index (χ3v) is 5.51. The van der Waals surface area contributed by atoms with E-state index in [-0.39, 0.29) is 12.5 Å². The molecule has 4 atom stereocenters. The first-order valence-corrected chi connectivity index (χ1v) is 8.45. The first-order chi connectivity index (χ1) is 11.9. The van der Waals surface area contributed by atoms with E-state index in [1.165, 1.54) is 7.11 Å². The minimum absolute atomic E-state index is 0.223. The maximum absolute atomic E-state index is 12.8. The number of fused-ring (bicyclic) bond motifs is 1. The highest BCUT2D eigenvalue weighted by molar-refractivity contribution is 6.30. The predicted molar refractivity (Wildman–Crippen MR) is 87.3 cm³/mol. The summed E-state index contributed by atoms with van der Waals surface area (Å²) in [4.78, 5) is 39.2. The Kier molecular flexibility index (Phi) is 4.57. The first kappa shape index (κ1) is 17.8. The van der Waals surface area contributed by atoms with E-state index in [0.29, 0.717) is 5.02 Å². The van der Waals surface area contributed by atoms with Crippen LogP contribution < -0.4 is 5.32 Å². The Hall–Kier alpha value is -1.96. The Balaban J connectivity index is 2.13. The molecule has 7 nitrogen and oxygen atoms in total. The molecule has 2 heterocycles. The number of methoxy groups -OCH3 is 1. The predicted octanol–water partition coefficient (Wildman–Crippen LogP) is -0.517. The summed E-state index contributed by atoms with van der Waals surface area (Å²) < 4.78 is 4.86. The van der Waals surface area contributed by atoms with E-state index < -0.39 is 41.9 Å². The van der Waals surface area contributed by atoms with Gasteiger partial charge in [-0.3, -0.25) is 14.5 Å². The molecule has 0 saturated carbocycles. The van der Waals surface area contributed by atoms with Crippen molar-refractivity contribution in [1.82, 2.24) is 4.90 Å². The van der Waals surface area contributed by atoms with E-state index in [0.717, 1.165) is 10.5 Å². The zero-order valence-electron chi connectivity index (χ0n) is 13.9. The molecular formula is C17H20ClN2O5+. The molecule has 2 amide bonds. The van der Waals surface area contributed by atoms with Gasteiger partial charge in [-0.2, -0.15) is 0 Å². The van der Waals surface area contributed by atoms with Crippen molar-refractivity contribution in [3.8, 4) is 0 Å². The number of likely N-dealkylation sites (tertiary alicyclic amines) is 1. The Bertz CT molecular complexity index is 722. The van der Waals surface area contributed by atoms with Gasteiger partial charge in [0.25, 0.3) is 0 Å². The number of quaternary nitrogens is 1. The van der Waals surface area contributed by atoms with Crippen LogP contribution in [0.5, 0.6) is 0 Å². The topological polar surface area (TPSA) is 101 Å². The molecule has 2 aliphatic rings. The van der Waals surface area contributed by atoms with Gasteiger partial charge < -0.3 is 15.2 Å². The van der Waals surface area contributed by atoms with Crippen LogP contribution in [0.25, 0.3) is 0 Å². The minimum Gasteiger partial charge on any atom is -0.464 e. The fraction of sp³-hybridized carbons (Fsp3) is 0.471. The van der Waals surface area contributed by atoms with Crippen LogP contribution in [-0.4, -0.2) is 53.6 Å². The first-order valence-electron chi connectivity index (χ1n) is 8.07. The molecular weight excluding hydrogens is 348 g/mol. The molecule has 0 aliphatic carbocycles. The largest absolute Gasteiger partial charge is 0.464 e. The summed E-state index contributed by atoms with van der Waals surface area (Å²) in [6.45, 7) is 1.33. The van der Waals surface area contributed by atoms with Gasteiger partial charge in [0.05, 0.1) is 7.11 Å². The SMILES string of the molecule is CCN1C(=O)[C@H]2[C@@H](c3ccc(Cl)cc3)[NH2+][C@@](CO)(C(=O)OC)[C@@H]2C1=O. The number of benzene rings is 1. The van der Waals surface area contributed by atoms with Crippen molar-refractivity contribution in [3.05, 3.63) is 34.9 Å². The number of esters is 1. The Labute approximate surface area is 149 Å². The number of ether oxygens (including phenoxy) is 1. The average Bonchev–Trinajstić information content (AvgIpc) is 3.10. The van der Waals surface area contributed by atoms with E-state index in [1.54, 1.807) is 36.5 Å². The number of carbonyl (C=O) groups excluding carboxylic acids is 3. The lowest BCUT2D eigenvalue weighted by molar-refractivity contribution is -0.735. The molecule has 0 radical (unpaired) electrons. The maximum atomic E-state index is 12.8. The summed E-state index contributed by atoms with van der Waals surface area (Å²) in [5, 5.41) is 12.1. The fourth-order valence-corrected chi connectivity index (χ4v) is 4.21. The third kappa shape index (κ3) is 2.46. The van der Waals surface area contributed by atoms with E-state index in [1.807, 2.05) is 0 Å². The average molecular weight is 368 g/mol. The Morgan fingerprint density at radius 3 is 2.48 bits per heavy atom. The molecule has 0 unspecified atom stereocenters. The van der Waals surface area contributed by atoms with E-state index >= 15 is 0 Å². The quantitative estimate of drug-likeness (QED) is 0.551. The molecule has 25 heavy (non-hydrogen) atoms. The zero-order valence-corrected chi connectivity index (χ0v) is 14.7. The second kappa shape index (κ2) is 6.40. The van der Waals surface area contributed by atoms with Crippen molar-refractivity contribution in [3.63, 3.8) is 0 Å². The van der Waals surface area contributed by atoms with Crippen LogP contribution in [0.3, 0.4) is 0 Å². The van der Waals surface area contributed by atoms with E-state index in [9.17, 15) is 19.5 Å². The minimum atomic E-state index is -1.53. The number of hydrogen-bond acceptors (Lipinski definition) is 5. The number of nitrogens with zero attached hydrogens (tertiary/aromatic N) is 1. The van der Waals surface area contributed by atoms with Crippen molar-refractivity contribution in [2.75, 3.05) is 20.3 Å². The summed E-state index contributed by atoms with van der Waals surface area (Å²) in [6, 6.07) is 6.42. The number of nitrogens with two attached hydrogens (primary N) is 1. The van der Waals surface area contributed by atoms with Gasteiger partial charge >= 0.3 is 5.97 Å². The number of carbonyl (C=O) groups is 3. The molecule has 2 saturated heterocycles. The number of aliphatic hydroxyl groups excluding tert-OH is 1. The highest BCUT2D eigenvalue weighted by Crippen LogP contribution is 2.44. The van der Waals surface area contributed by atoms with Gasteiger partial charge in [0.15, 0.2) is 0 Å². The standard InChI is InChI=1S/C17H19ClN2O5/c1-3-20-14(22)11-12(15(20)23)17(8-21,16(24)25-2)19-13(11)9-4-6-10(18)7-5-9/h4-7,11-13,19,21H,3,8H2,1-2H3/p+1/t11-,12+,13-,17-/m1/s1. The maximum Gasteiger partial charge on any atom is 0.371 e. The Morgan fingerprint density at radius 1 is 1.32 bits per heavy atom. The number of rotatable bonds is 4. The van der Waals surface area contributed by atoms with Crippen molar-refractivity contribution in [2.24, 2.45) is 11.8 Å². The van der Waals surface area contributed by atoms with Crippen LogP contribution >= 0.6 is 11.6 Å². The van der Waals surface area contributed by atoms with Gasteiger partial charge in [-0.05, 0) is 19.1 Å². The Morgan fingerprint density at radius 2 is 1.96 bits per heavy atom. The summed E-state index contributed by atoms with van der Waals surface area (Å²) in [7, 11) is 1.21. The summed E-state index contributed by atoms with van der Waals surface area (Å²) >= 11 is 5.93. The van der Waals surface area contributed by atoms with Gasteiger partial charge in [-0.1, -0.05) is 23.7 Å². The summed E-state index contributed by atoms with van der Waals surface area (Å²) in [6.07, 6.45) is 0. The van der Waals surface area contributed by atoms with Gasteiger partial charge in [-0.25, -0.2) is 4.79 Å². The second-order valence-corrected chi connectivity index (χ2v) is 6.79. The highest BCUT2D eigenvalue weighted by atomic mass is 35.5. The molecule has 0 bridgehead atoms. The van der Waals surface area contributed by atoms with Gasteiger partial charge in [-0.15, -0.1) is 0 Å². The van der Waals surface area contributed by atoms with Crippen molar-refractivity contribution < 1.29 is 29.5 Å². The van der Waals surface area contributed by atoms with Gasteiger partial charge in [0.1, 0.15) is 24.5 Å². The highest BCUT2D eigenvalue weighted by Gasteiger charge is 2.72. The van der Waals surface area contributed by atoms with Crippen LogP contribution in [0.2, 0.25) is 5.02 Å². The second-order valence-electron chi connectivity index (χ2n) is 6.36. The lowest BCUT2D eigenvalue weighted by atomic mass is 9.79. The summed E-state index contributed by atoms with van der Waals surface area (Å²) in [5.41, 5.74) is -0.766. The van der Waals surface area contributed by atoms with Crippen molar-refractivity contribution in [1.29, 1.82) is 0 Å². The number of amides is 2. The van der Waals surface area contributed by atoms with Crippen LogP contribution in [-0.2, 0) is 19.1 Å². The molecule has 1 aromatic rings. The van der Waals surface area contributed by atoms with Gasteiger partial charge in [0.2, 0.25) is 17.4 Å². The fourth-order valence-electron chi connectivity index (χ4n) is 4.08. The summed E-state index contributed by atoms with van der Waals surface area (Å²) in [5.74, 6) is -3.17. The lowest BCUT2D eigenvalue weighted by Crippen LogP contribution is -2.99. The molecule has 0 aromatic heterocycles. The number of hydrogen-bond donors (Lipinski definition) is 2. The third-order valence-electron chi connectivity index (χ3n) is 5.26. The molecule has 134 valence electrons. The normalized spacial score (nSPS) is 31.4. The van der Waals surface area contributed by atoms with E-state index in [4.69, 9.17) is 16.3 Å². The van der Waals surface area contributed by atoms with Crippen LogP contribution in [0.15, 0.2) is 24.3 Å². The molecule has 3 rings (SSSR count). The molecule has 0 spiro atoms. The van der Waals surface area contributed by atoms with Crippen LogP contribution in [0.1, 0.15) is 18.5 Å². The molecule has 3 N–H and O–H groups in total. The van der Waals surface area contributed by atoms with Gasteiger partial charge in [0, 0.05) is 17.1 Å². The molecule has 2 aliphatic heterocycles. The van der Waals surface area contributed by atoms with Crippen LogP contribution in [0.4, 0.5) is 0 Å². The molecule has 2 fully saturated rings. The van der Waals surface area contributed by atoms with Crippen molar-refractivity contribution >= 4 is 29.4 Å². The van der Waals surface area contributed by atoms with Crippen LogP contribution in [0, 0.1) is 11.8 Å². The monoisotopic (exact) mass is 367 g/mol. The number of halogens is 1. The molecule has 8 heteroatoms. The molecule has 1 aromatic carbocycles.